The van der Waals surface area contributed by atoms with Gasteiger partial charge in [-0.1, -0.05) is 97.7 Å². The number of fused-ring (bicyclic) bond motifs is 1. The number of imidazole rings is 1. The van der Waals surface area contributed by atoms with Gasteiger partial charge in [0.1, 0.15) is 5.01 Å². The van der Waals surface area contributed by atoms with Crippen LogP contribution in [0.15, 0.2) is 34.9 Å². The van der Waals surface area contributed by atoms with Crippen molar-refractivity contribution in [2.45, 2.75) is 71.1 Å². The molecule has 3 aromatic rings. The maximum atomic E-state index is 4.73. The molecule has 0 spiro atoms. The van der Waals surface area contributed by atoms with Crippen LogP contribution in [0.2, 0.25) is 0 Å². The summed E-state index contributed by atoms with van der Waals surface area (Å²) in [6.45, 7) is 2.28. The fourth-order valence-corrected chi connectivity index (χ4v) is 4.37. The largest absolute Gasteiger partial charge is 0.217 e. The van der Waals surface area contributed by atoms with Crippen molar-refractivity contribution < 1.29 is 0 Å². The molecule has 0 amide bonds. The van der Waals surface area contributed by atoms with E-state index in [0.29, 0.717) is 0 Å². The average molecular weight is 434 g/mol. The van der Waals surface area contributed by atoms with Gasteiger partial charge in [-0.3, -0.25) is 0 Å². The number of benzene rings is 1. The molecule has 0 unspecified atom stereocenters. The molecule has 0 aliphatic heterocycles. The lowest BCUT2D eigenvalue weighted by Crippen LogP contribution is -1.88. The van der Waals surface area contributed by atoms with E-state index in [4.69, 9.17) is 10.1 Å². The van der Waals surface area contributed by atoms with E-state index in [-0.39, 0.29) is 0 Å². The van der Waals surface area contributed by atoms with Crippen molar-refractivity contribution in [1.29, 1.82) is 0 Å². The smallest absolute Gasteiger partial charge is 0.212 e. The van der Waals surface area contributed by atoms with E-state index < -0.39 is 0 Å². The van der Waals surface area contributed by atoms with Crippen LogP contribution in [0.25, 0.3) is 16.2 Å². The minimum absolute atomic E-state index is 0.992. The molecule has 2 heterocycles. The Hall–Kier alpha value is -1.20. The number of halogens is 1. The summed E-state index contributed by atoms with van der Waals surface area (Å²) in [5, 5.41) is 5.91. The molecule has 3 rings (SSSR count). The summed E-state index contributed by atoms with van der Waals surface area (Å²) in [6, 6.07) is 8.26. The molecule has 0 saturated heterocycles. The van der Waals surface area contributed by atoms with Gasteiger partial charge in [0.15, 0.2) is 0 Å². The van der Waals surface area contributed by atoms with Gasteiger partial charge in [-0.2, -0.15) is 5.10 Å². The summed E-state index contributed by atoms with van der Waals surface area (Å²) in [6.07, 6.45) is 15.4. The van der Waals surface area contributed by atoms with Gasteiger partial charge < -0.3 is 0 Å². The lowest BCUT2D eigenvalue weighted by Gasteiger charge is -2.00. The predicted molar refractivity (Wildman–Crippen MR) is 115 cm³/mol. The van der Waals surface area contributed by atoms with Gasteiger partial charge >= 0.3 is 0 Å². The van der Waals surface area contributed by atoms with Crippen LogP contribution in [0.3, 0.4) is 0 Å². The molecule has 0 bridgehead atoms. The molecular formula is C21H28BrN3S. The lowest BCUT2D eigenvalue weighted by atomic mass is 10.1. The quantitative estimate of drug-likeness (QED) is 0.297. The first kappa shape index (κ1) is 19.6. The Balaban J connectivity index is 1.41. The first-order valence-electron chi connectivity index (χ1n) is 9.87. The Morgan fingerprint density at radius 3 is 2.23 bits per heavy atom. The van der Waals surface area contributed by atoms with Crippen molar-refractivity contribution in [3.63, 3.8) is 0 Å². The first-order chi connectivity index (χ1) is 12.8. The molecule has 0 fully saturated rings. The number of rotatable bonds is 11. The van der Waals surface area contributed by atoms with Crippen molar-refractivity contribution in [3.8, 4) is 11.3 Å². The van der Waals surface area contributed by atoms with E-state index in [2.05, 4.69) is 35.0 Å². The normalized spacial score (nSPS) is 11.5. The van der Waals surface area contributed by atoms with Crippen LogP contribution in [0.1, 0.15) is 69.7 Å². The van der Waals surface area contributed by atoms with Crippen LogP contribution < -0.4 is 0 Å². The molecule has 1 aromatic carbocycles. The van der Waals surface area contributed by atoms with E-state index in [0.717, 1.165) is 27.1 Å². The highest BCUT2D eigenvalue weighted by Crippen LogP contribution is 2.24. The molecule has 2 aromatic heterocycles. The Bertz CT molecular complexity index is 760. The number of nitrogens with zero attached hydrogens (tertiary/aromatic N) is 3. The van der Waals surface area contributed by atoms with Crippen molar-refractivity contribution in [1.82, 2.24) is 14.6 Å². The molecule has 0 saturated carbocycles. The van der Waals surface area contributed by atoms with Crippen LogP contribution in [0.4, 0.5) is 0 Å². The third kappa shape index (κ3) is 5.65. The molecule has 0 atom stereocenters. The number of unbranched alkanes of at least 4 members (excludes halogenated alkanes) is 8. The van der Waals surface area contributed by atoms with Crippen LogP contribution in [-0.2, 0) is 6.42 Å². The third-order valence-corrected chi connectivity index (χ3v) is 6.23. The van der Waals surface area contributed by atoms with Crippen LogP contribution >= 0.6 is 27.3 Å². The van der Waals surface area contributed by atoms with E-state index >= 15 is 0 Å². The second-order valence-electron chi connectivity index (χ2n) is 6.93. The SMILES string of the molecule is CCCCCCCCCCCc1nn2cc(-c3ccc(Br)cc3)nc2s1. The zero-order valence-corrected chi connectivity index (χ0v) is 18.0. The minimum Gasteiger partial charge on any atom is -0.217 e. The van der Waals surface area contributed by atoms with Gasteiger partial charge in [0.05, 0.1) is 11.9 Å². The van der Waals surface area contributed by atoms with Gasteiger partial charge in [0.25, 0.3) is 0 Å². The summed E-state index contributed by atoms with van der Waals surface area (Å²) < 4.78 is 3.02. The van der Waals surface area contributed by atoms with E-state index in [1.165, 1.54) is 62.8 Å². The molecule has 0 aliphatic rings. The van der Waals surface area contributed by atoms with Gasteiger partial charge in [0.2, 0.25) is 4.96 Å². The molecule has 0 radical (unpaired) electrons. The zero-order valence-electron chi connectivity index (χ0n) is 15.6. The Labute approximate surface area is 169 Å². The van der Waals surface area contributed by atoms with Crippen molar-refractivity contribution in [2.24, 2.45) is 0 Å². The topological polar surface area (TPSA) is 30.2 Å². The maximum Gasteiger partial charge on any atom is 0.212 e. The fourth-order valence-electron chi connectivity index (χ4n) is 3.19. The highest BCUT2D eigenvalue weighted by atomic mass is 79.9. The Morgan fingerprint density at radius 1 is 0.923 bits per heavy atom. The summed E-state index contributed by atoms with van der Waals surface area (Å²) in [5.41, 5.74) is 2.12. The average Bonchev–Trinajstić information content (AvgIpc) is 3.19. The highest BCUT2D eigenvalue weighted by molar-refractivity contribution is 9.10. The molecular weight excluding hydrogens is 406 g/mol. The molecule has 26 heavy (non-hydrogen) atoms. The fraction of sp³-hybridized carbons (Fsp3) is 0.524. The Kier molecular flexibility index (Phi) is 7.69. The van der Waals surface area contributed by atoms with E-state index in [1.807, 2.05) is 22.8 Å². The summed E-state index contributed by atoms with van der Waals surface area (Å²) >= 11 is 5.20. The first-order valence-corrected chi connectivity index (χ1v) is 11.5. The van der Waals surface area contributed by atoms with Crippen LogP contribution in [-0.4, -0.2) is 14.6 Å². The second kappa shape index (κ2) is 10.2. The molecule has 140 valence electrons. The number of hydrogen-bond acceptors (Lipinski definition) is 3. The van der Waals surface area contributed by atoms with Gasteiger partial charge in [-0.25, -0.2) is 9.50 Å². The van der Waals surface area contributed by atoms with Crippen molar-refractivity contribution in [3.05, 3.63) is 39.9 Å². The van der Waals surface area contributed by atoms with Crippen LogP contribution in [0, 0.1) is 0 Å². The molecule has 5 heteroatoms. The monoisotopic (exact) mass is 433 g/mol. The minimum atomic E-state index is 0.992. The zero-order chi connectivity index (χ0) is 18.2. The second-order valence-corrected chi connectivity index (χ2v) is 8.89. The van der Waals surface area contributed by atoms with Crippen molar-refractivity contribution in [2.75, 3.05) is 0 Å². The summed E-state index contributed by atoms with van der Waals surface area (Å²) in [7, 11) is 0. The summed E-state index contributed by atoms with van der Waals surface area (Å²) in [5.74, 6) is 0. The standard InChI is InChI=1S/C21H28BrN3S/c1-2-3-4-5-6-7-8-9-10-11-20-24-25-16-19(23-21(25)26-20)17-12-14-18(22)15-13-17/h12-16H,2-11H2,1H3. The van der Waals surface area contributed by atoms with Gasteiger partial charge in [0, 0.05) is 16.5 Å². The van der Waals surface area contributed by atoms with Crippen LogP contribution in [0.5, 0.6) is 0 Å². The molecule has 0 N–H and O–H groups in total. The van der Waals surface area contributed by atoms with E-state index in [1.54, 1.807) is 11.3 Å². The number of hydrogen-bond donors (Lipinski definition) is 0. The lowest BCUT2D eigenvalue weighted by molar-refractivity contribution is 0.564. The molecule has 3 nitrogen and oxygen atoms in total. The highest BCUT2D eigenvalue weighted by Gasteiger charge is 2.09. The number of aryl methyl sites for hydroxylation is 1. The van der Waals surface area contributed by atoms with Gasteiger partial charge in [-0.15, -0.1) is 0 Å². The van der Waals surface area contributed by atoms with E-state index in [9.17, 15) is 0 Å². The van der Waals surface area contributed by atoms with Crippen molar-refractivity contribution >= 4 is 32.2 Å². The summed E-state index contributed by atoms with van der Waals surface area (Å²) in [4.78, 5) is 5.72. The Morgan fingerprint density at radius 2 is 1.58 bits per heavy atom. The van der Waals surface area contributed by atoms with Gasteiger partial charge in [-0.05, 0) is 18.6 Å². The molecule has 0 aliphatic carbocycles. The predicted octanol–water partition coefficient (Wildman–Crippen LogP) is 7.29. The number of aromatic nitrogens is 3. The maximum absolute atomic E-state index is 4.73. The third-order valence-electron chi connectivity index (χ3n) is 4.72.